The molecule has 0 N–H and O–H groups in total. The zero-order chi connectivity index (χ0) is 33.8. The van der Waals surface area contributed by atoms with Gasteiger partial charge in [-0.05, 0) is 93.0 Å². The quantitative estimate of drug-likeness (QED) is 0.171. The molecule has 8 aromatic carbocycles. The average Bonchev–Trinajstić information content (AvgIpc) is 3.73. The molecule has 10 rings (SSSR count). The van der Waals surface area contributed by atoms with Crippen molar-refractivity contribution in [1.29, 1.82) is 0 Å². The van der Waals surface area contributed by atoms with E-state index in [-0.39, 0.29) is 0 Å². The lowest BCUT2D eigenvalue weighted by molar-refractivity contribution is 0.770. The second-order valence-corrected chi connectivity index (χ2v) is 14.3. The largest absolute Gasteiger partial charge is 0.310 e. The van der Waals surface area contributed by atoms with E-state index < -0.39 is 5.41 Å². The van der Waals surface area contributed by atoms with E-state index in [1.54, 1.807) is 0 Å². The number of rotatable bonds is 6. The molecular formula is C49H33NS. The van der Waals surface area contributed by atoms with Crippen molar-refractivity contribution in [2.24, 2.45) is 0 Å². The zero-order valence-electron chi connectivity index (χ0n) is 27.9. The molecule has 0 aliphatic heterocycles. The van der Waals surface area contributed by atoms with E-state index in [0.717, 1.165) is 11.4 Å². The van der Waals surface area contributed by atoms with Gasteiger partial charge in [-0.3, -0.25) is 0 Å². The van der Waals surface area contributed by atoms with Crippen molar-refractivity contribution in [3.8, 4) is 22.3 Å². The second-order valence-electron chi connectivity index (χ2n) is 13.3. The molecule has 1 heterocycles. The van der Waals surface area contributed by atoms with Gasteiger partial charge in [0.05, 0.1) is 11.1 Å². The van der Waals surface area contributed by atoms with Crippen molar-refractivity contribution in [2.75, 3.05) is 4.90 Å². The lowest BCUT2D eigenvalue weighted by Gasteiger charge is -2.34. The molecule has 0 bridgehead atoms. The van der Waals surface area contributed by atoms with Crippen LogP contribution in [-0.4, -0.2) is 0 Å². The summed E-state index contributed by atoms with van der Waals surface area (Å²) in [4.78, 5) is 2.43. The molecule has 0 fully saturated rings. The molecule has 0 saturated carbocycles. The normalized spacial score (nSPS) is 12.9. The molecule has 2 heteroatoms. The van der Waals surface area contributed by atoms with Crippen molar-refractivity contribution in [1.82, 2.24) is 0 Å². The molecule has 1 nitrogen and oxygen atoms in total. The van der Waals surface area contributed by atoms with Crippen molar-refractivity contribution in [2.45, 2.75) is 5.41 Å². The molecule has 0 unspecified atom stereocenters. The maximum atomic E-state index is 2.49. The van der Waals surface area contributed by atoms with Crippen LogP contribution < -0.4 is 4.90 Å². The Bertz CT molecular complexity index is 2650. The summed E-state index contributed by atoms with van der Waals surface area (Å²) in [6.07, 6.45) is 0. The topological polar surface area (TPSA) is 3.24 Å². The van der Waals surface area contributed by atoms with Crippen LogP contribution in [0.2, 0.25) is 0 Å². The average molecular weight is 668 g/mol. The lowest BCUT2D eigenvalue weighted by atomic mass is 9.67. The number of nitrogens with zero attached hydrogens (tertiary/aromatic N) is 1. The van der Waals surface area contributed by atoms with Gasteiger partial charge < -0.3 is 4.90 Å². The van der Waals surface area contributed by atoms with Gasteiger partial charge in [0.15, 0.2) is 0 Å². The van der Waals surface area contributed by atoms with Gasteiger partial charge in [0.2, 0.25) is 0 Å². The van der Waals surface area contributed by atoms with E-state index in [1.807, 2.05) is 11.3 Å². The molecule has 0 saturated heterocycles. The standard InChI is InChI=1S/C49H33NS/c1-4-16-34(17-5-1)35-18-14-23-39(32-35)50(38-21-8-3-9-22-38)45-28-15-29-47-48(45)42-33-37(30-31-46(42)51-47)49(36-19-6-2-7-20-36)43-26-12-10-24-40(43)41-25-11-13-27-44(41)49/h1-33H. The third-order valence-corrected chi connectivity index (χ3v) is 11.7. The third kappa shape index (κ3) is 4.61. The number of anilines is 3. The summed E-state index contributed by atoms with van der Waals surface area (Å²) in [5.41, 5.74) is 13.2. The Kier molecular flexibility index (Phi) is 6.97. The first kappa shape index (κ1) is 29.7. The highest BCUT2D eigenvalue weighted by Crippen LogP contribution is 2.57. The van der Waals surface area contributed by atoms with Crippen LogP contribution in [0.1, 0.15) is 22.3 Å². The highest BCUT2D eigenvalue weighted by atomic mass is 32.1. The van der Waals surface area contributed by atoms with E-state index in [0.29, 0.717) is 0 Å². The zero-order valence-corrected chi connectivity index (χ0v) is 28.7. The Hall–Kier alpha value is -6.22. The van der Waals surface area contributed by atoms with Gasteiger partial charge >= 0.3 is 0 Å². The smallest absolute Gasteiger partial charge is 0.0713 e. The summed E-state index contributed by atoms with van der Waals surface area (Å²) in [6.45, 7) is 0. The highest BCUT2D eigenvalue weighted by Gasteiger charge is 2.46. The van der Waals surface area contributed by atoms with Crippen LogP contribution in [0.15, 0.2) is 200 Å². The van der Waals surface area contributed by atoms with E-state index in [1.165, 1.54) is 70.4 Å². The predicted octanol–water partition coefficient (Wildman–Crippen LogP) is 13.6. The first-order valence-electron chi connectivity index (χ1n) is 17.5. The van der Waals surface area contributed by atoms with Crippen LogP contribution in [0.25, 0.3) is 42.4 Å². The van der Waals surface area contributed by atoms with Gasteiger partial charge in [-0.25, -0.2) is 0 Å². The Labute approximate surface area is 302 Å². The van der Waals surface area contributed by atoms with Crippen molar-refractivity contribution >= 4 is 48.6 Å². The number of hydrogen-bond acceptors (Lipinski definition) is 2. The van der Waals surface area contributed by atoms with Crippen LogP contribution in [-0.2, 0) is 5.41 Å². The number of fused-ring (bicyclic) bond motifs is 6. The number of para-hydroxylation sites is 1. The minimum Gasteiger partial charge on any atom is -0.310 e. The van der Waals surface area contributed by atoms with Crippen molar-refractivity contribution in [3.05, 3.63) is 222 Å². The number of hydrogen-bond donors (Lipinski definition) is 0. The Morgan fingerprint density at radius 3 is 1.71 bits per heavy atom. The molecule has 0 amide bonds. The fourth-order valence-corrected chi connectivity index (χ4v) is 9.51. The summed E-state index contributed by atoms with van der Waals surface area (Å²) in [6, 6.07) is 73.4. The lowest BCUT2D eigenvalue weighted by Crippen LogP contribution is -2.28. The van der Waals surface area contributed by atoms with Crippen molar-refractivity contribution in [3.63, 3.8) is 0 Å². The van der Waals surface area contributed by atoms with Gasteiger partial charge in [-0.15, -0.1) is 11.3 Å². The minimum atomic E-state index is -0.449. The van der Waals surface area contributed by atoms with E-state index >= 15 is 0 Å². The molecule has 1 aliphatic rings. The maximum Gasteiger partial charge on any atom is 0.0713 e. The third-order valence-electron chi connectivity index (χ3n) is 10.5. The Balaban J connectivity index is 1.25. The van der Waals surface area contributed by atoms with Gasteiger partial charge in [0, 0.05) is 31.5 Å². The Morgan fingerprint density at radius 1 is 0.392 bits per heavy atom. The monoisotopic (exact) mass is 667 g/mol. The minimum absolute atomic E-state index is 0.449. The molecule has 240 valence electrons. The van der Waals surface area contributed by atoms with Crippen LogP contribution in [0.4, 0.5) is 17.1 Å². The molecule has 1 aliphatic carbocycles. The molecular weight excluding hydrogens is 635 g/mol. The molecule has 0 atom stereocenters. The van der Waals surface area contributed by atoms with E-state index in [4.69, 9.17) is 0 Å². The van der Waals surface area contributed by atoms with Gasteiger partial charge in [-0.1, -0.05) is 152 Å². The molecule has 9 aromatic rings. The van der Waals surface area contributed by atoms with Crippen LogP contribution >= 0.6 is 11.3 Å². The first-order valence-corrected chi connectivity index (χ1v) is 18.3. The number of benzene rings is 8. The summed E-state index contributed by atoms with van der Waals surface area (Å²) >= 11 is 1.87. The molecule has 1 aromatic heterocycles. The molecule has 0 radical (unpaired) electrons. The Morgan fingerprint density at radius 2 is 0.980 bits per heavy atom. The fraction of sp³-hybridized carbons (Fsp3) is 0.0204. The van der Waals surface area contributed by atoms with E-state index in [9.17, 15) is 0 Å². The van der Waals surface area contributed by atoms with Gasteiger partial charge in [0.25, 0.3) is 0 Å². The summed E-state index contributed by atoms with van der Waals surface area (Å²) in [7, 11) is 0. The fourth-order valence-electron chi connectivity index (χ4n) is 8.40. The van der Waals surface area contributed by atoms with Gasteiger partial charge in [0.1, 0.15) is 0 Å². The van der Waals surface area contributed by atoms with Crippen LogP contribution in [0.3, 0.4) is 0 Å². The van der Waals surface area contributed by atoms with E-state index in [2.05, 4.69) is 205 Å². The summed E-state index contributed by atoms with van der Waals surface area (Å²) < 4.78 is 2.57. The summed E-state index contributed by atoms with van der Waals surface area (Å²) in [5.74, 6) is 0. The molecule has 0 spiro atoms. The van der Waals surface area contributed by atoms with Gasteiger partial charge in [-0.2, -0.15) is 0 Å². The molecule has 51 heavy (non-hydrogen) atoms. The number of thiophene rings is 1. The summed E-state index contributed by atoms with van der Waals surface area (Å²) in [5, 5.41) is 2.55. The first-order chi connectivity index (χ1) is 25.3. The maximum absolute atomic E-state index is 2.49. The SMILES string of the molecule is c1ccc(-c2cccc(N(c3ccccc3)c3cccc4sc5ccc(C6(c7ccccc7)c7ccccc7-c7ccccc76)cc5c34)c2)cc1. The highest BCUT2D eigenvalue weighted by molar-refractivity contribution is 7.26. The second kappa shape index (κ2) is 12.0. The predicted molar refractivity (Wildman–Crippen MR) is 217 cm³/mol. The van der Waals surface area contributed by atoms with Crippen molar-refractivity contribution < 1.29 is 0 Å². The van der Waals surface area contributed by atoms with Crippen LogP contribution in [0.5, 0.6) is 0 Å². The van der Waals surface area contributed by atoms with Crippen LogP contribution in [0, 0.1) is 0 Å².